The van der Waals surface area contributed by atoms with Gasteiger partial charge in [-0.15, -0.1) is 0 Å². The standard InChI is InChI=1S/C23H37N3O2/c1-8-26(9-2)12-10-11-15(3)21(24)18-14-19(27-6)22-20(23(18)28-7)16(4)13-17(5)25-22/h13-15,21H,8-12,24H2,1-7H3. The van der Waals surface area contributed by atoms with Gasteiger partial charge in [-0.2, -0.15) is 0 Å². The van der Waals surface area contributed by atoms with Crippen molar-refractivity contribution in [2.24, 2.45) is 11.7 Å². The van der Waals surface area contributed by atoms with Crippen LogP contribution in [-0.4, -0.2) is 43.7 Å². The van der Waals surface area contributed by atoms with E-state index in [0.717, 1.165) is 71.7 Å². The molecule has 0 fully saturated rings. The minimum absolute atomic E-state index is 0.120. The van der Waals surface area contributed by atoms with E-state index < -0.39 is 0 Å². The van der Waals surface area contributed by atoms with Crippen LogP contribution in [0.25, 0.3) is 10.9 Å². The van der Waals surface area contributed by atoms with Crippen LogP contribution in [0.3, 0.4) is 0 Å². The fourth-order valence-electron chi connectivity index (χ4n) is 4.01. The third kappa shape index (κ3) is 4.76. The molecule has 2 aromatic rings. The van der Waals surface area contributed by atoms with Crippen molar-refractivity contribution in [1.82, 2.24) is 9.88 Å². The molecule has 1 aromatic carbocycles. The third-order valence-electron chi connectivity index (χ3n) is 5.78. The average molecular weight is 388 g/mol. The molecule has 156 valence electrons. The number of nitrogens with two attached hydrogens (primary N) is 1. The Labute approximate surface area is 170 Å². The predicted molar refractivity (Wildman–Crippen MR) is 117 cm³/mol. The fourth-order valence-corrected chi connectivity index (χ4v) is 4.01. The zero-order chi connectivity index (χ0) is 20.8. The summed E-state index contributed by atoms with van der Waals surface area (Å²) in [6, 6.07) is 3.97. The highest BCUT2D eigenvalue weighted by Crippen LogP contribution is 2.42. The van der Waals surface area contributed by atoms with Crippen molar-refractivity contribution in [3.63, 3.8) is 0 Å². The molecule has 0 aliphatic carbocycles. The Kier molecular flexibility index (Phi) is 8.08. The molecule has 2 rings (SSSR count). The Balaban J connectivity index is 2.37. The van der Waals surface area contributed by atoms with Crippen LogP contribution in [0.4, 0.5) is 0 Å². The molecule has 0 bridgehead atoms. The minimum Gasteiger partial charge on any atom is -0.496 e. The molecule has 5 heteroatoms. The van der Waals surface area contributed by atoms with Crippen molar-refractivity contribution < 1.29 is 9.47 Å². The van der Waals surface area contributed by atoms with Crippen molar-refractivity contribution in [3.8, 4) is 11.5 Å². The maximum atomic E-state index is 6.72. The molecule has 0 saturated heterocycles. The zero-order valence-corrected chi connectivity index (χ0v) is 18.6. The summed E-state index contributed by atoms with van der Waals surface area (Å²) < 4.78 is 11.5. The molecule has 0 spiro atoms. The molecule has 1 heterocycles. The van der Waals surface area contributed by atoms with Crippen LogP contribution in [0.15, 0.2) is 12.1 Å². The van der Waals surface area contributed by atoms with Gasteiger partial charge in [0.25, 0.3) is 0 Å². The van der Waals surface area contributed by atoms with E-state index in [0.29, 0.717) is 5.92 Å². The molecule has 2 atom stereocenters. The molecule has 0 radical (unpaired) electrons. The van der Waals surface area contributed by atoms with E-state index in [1.54, 1.807) is 14.2 Å². The number of fused-ring (bicyclic) bond motifs is 1. The molecule has 0 amide bonds. The van der Waals surface area contributed by atoms with Gasteiger partial charge in [0.05, 0.1) is 14.2 Å². The van der Waals surface area contributed by atoms with E-state index >= 15 is 0 Å². The number of ether oxygens (including phenoxy) is 2. The number of benzene rings is 1. The van der Waals surface area contributed by atoms with Crippen molar-refractivity contribution in [1.29, 1.82) is 0 Å². The van der Waals surface area contributed by atoms with E-state index in [4.69, 9.17) is 20.2 Å². The molecule has 0 aliphatic heterocycles. The van der Waals surface area contributed by atoms with Crippen LogP contribution >= 0.6 is 0 Å². The summed E-state index contributed by atoms with van der Waals surface area (Å²) in [4.78, 5) is 7.15. The lowest BCUT2D eigenvalue weighted by Gasteiger charge is -2.25. The van der Waals surface area contributed by atoms with Gasteiger partial charge in [0.15, 0.2) is 0 Å². The number of rotatable bonds is 10. The largest absolute Gasteiger partial charge is 0.496 e. The third-order valence-corrected chi connectivity index (χ3v) is 5.78. The highest BCUT2D eigenvalue weighted by molar-refractivity contribution is 5.94. The smallest absolute Gasteiger partial charge is 0.145 e. The lowest BCUT2D eigenvalue weighted by Crippen LogP contribution is -2.26. The highest BCUT2D eigenvalue weighted by Gasteiger charge is 2.24. The second kappa shape index (κ2) is 10.1. The monoisotopic (exact) mass is 387 g/mol. The van der Waals surface area contributed by atoms with Crippen LogP contribution in [0.1, 0.15) is 56.5 Å². The normalized spacial score (nSPS) is 13.8. The van der Waals surface area contributed by atoms with E-state index in [2.05, 4.69) is 38.7 Å². The van der Waals surface area contributed by atoms with Gasteiger partial charge >= 0.3 is 0 Å². The maximum absolute atomic E-state index is 6.72. The first-order chi connectivity index (χ1) is 13.4. The molecular weight excluding hydrogens is 350 g/mol. The summed E-state index contributed by atoms with van der Waals surface area (Å²) >= 11 is 0. The first-order valence-electron chi connectivity index (χ1n) is 10.4. The van der Waals surface area contributed by atoms with Crippen molar-refractivity contribution in [2.45, 2.75) is 53.5 Å². The summed E-state index contributed by atoms with van der Waals surface area (Å²) in [5.41, 5.74) is 10.6. The van der Waals surface area contributed by atoms with Gasteiger partial charge < -0.3 is 20.1 Å². The lowest BCUT2D eigenvalue weighted by molar-refractivity contribution is 0.281. The first kappa shape index (κ1) is 22.4. The summed E-state index contributed by atoms with van der Waals surface area (Å²) in [6.45, 7) is 14.0. The van der Waals surface area contributed by atoms with Crippen LogP contribution < -0.4 is 15.2 Å². The fraction of sp³-hybridized carbons (Fsp3) is 0.609. The van der Waals surface area contributed by atoms with Crippen molar-refractivity contribution >= 4 is 10.9 Å². The molecular formula is C23H37N3O2. The summed E-state index contributed by atoms with van der Waals surface area (Å²) in [5.74, 6) is 1.91. The SMILES string of the molecule is CCN(CC)CCCC(C)C(N)c1cc(OC)c2nc(C)cc(C)c2c1OC. The number of hydrogen-bond acceptors (Lipinski definition) is 5. The van der Waals surface area contributed by atoms with Crippen LogP contribution in [0, 0.1) is 19.8 Å². The van der Waals surface area contributed by atoms with Gasteiger partial charge in [0.1, 0.15) is 17.0 Å². The topological polar surface area (TPSA) is 60.6 Å². The summed E-state index contributed by atoms with van der Waals surface area (Å²) in [5, 5.41) is 0.994. The minimum atomic E-state index is -0.120. The summed E-state index contributed by atoms with van der Waals surface area (Å²) in [6.07, 6.45) is 2.22. The number of aryl methyl sites for hydroxylation is 2. The van der Waals surface area contributed by atoms with Gasteiger partial charge in [-0.25, -0.2) is 4.98 Å². The number of methoxy groups -OCH3 is 2. The Bertz CT molecular complexity index is 787. The number of pyridine rings is 1. The zero-order valence-electron chi connectivity index (χ0n) is 18.6. The van der Waals surface area contributed by atoms with Gasteiger partial charge in [-0.3, -0.25) is 0 Å². The Hall–Kier alpha value is -1.85. The Morgan fingerprint density at radius 3 is 2.36 bits per heavy atom. The molecule has 0 aliphatic rings. The summed E-state index contributed by atoms with van der Waals surface area (Å²) in [7, 11) is 3.39. The van der Waals surface area contributed by atoms with Crippen molar-refractivity contribution in [3.05, 3.63) is 29.0 Å². The van der Waals surface area contributed by atoms with Crippen LogP contribution in [-0.2, 0) is 0 Å². The Morgan fingerprint density at radius 1 is 1.11 bits per heavy atom. The molecule has 28 heavy (non-hydrogen) atoms. The molecule has 0 saturated carbocycles. The first-order valence-corrected chi connectivity index (χ1v) is 10.4. The molecule has 5 nitrogen and oxygen atoms in total. The lowest BCUT2D eigenvalue weighted by atomic mass is 9.89. The molecule has 2 unspecified atom stereocenters. The van der Waals surface area contributed by atoms with Crippen LogP contribution in [0.5, 0.6) is 11.5 Å². The Morgan fingerprint density at radius 2 is 1.79 bits per heavy atom. The van der Waals surface area contributed by atoms with E-state index in [1.165, 1.54) is 0 Å². The average Bonchev–Trinajstić information content (AvgIpc) is 2.69. The van der Waals surface area contributed by atoms with Gasteiger partial charge in [0, 0.05) is 22.7 Å². The number of nitrogens with zero attached hydrogens (tertiary/aromatic N) is 2. The second-order valence-corrected chi connectivity index (χ2v) is 7.68. The quantitative estimate of drug-likeness (QED) is 0.644. The van der Waals surface area contributed by atoms with Gasteiger partial charge in [-0.1, -0.05) is 20.8 Å². The molecule has 2 N–H and O–H groups in total. The van der Waals surface area contributed by atoms with E-state index in [1.807, 2.05) is 13.0 Å². The van der Waals surface area contributed by atoms with Crippen molar-refractivity contribution in [2.75, 3.05) is 33.9 Å². The van der Waals surface area contributed by atoms with Gasteiger partial charge in [-0.05, 0) is 69.9 Å². The van der Waals surface area contributed by atoms with E-state index in [-0.39, 0.29) is 6.04 Å². The molecule has 1 aromatic heterocycles. The van der Waals surface area contributed by atoms with Gasteiger partial charge in [0.2, 0.25) is 0 Å². The predicted octanol–water partition coefficient (Wildman–Crippen LogP) is 4.63. The maximum Gasteiger partial charge on any atom is 0.145 e. The van der Waals surface area contributed by atoms with E-state index in [9.17, 15) is 0 Å². The van der Waals surface area contributed by atoms with Crippen LogP contribution in [0.2, 0.25) is 0 Å². The highest BCUT2D eigenvalue weighted by atomic mass is 16.5. The number of hydrogen-bond donors (Lipinski definition) is 1. The second-order valence-electron chi connectivity index (χ2n) is 7.68. The number of aromatic nitrogens is 1.